The summed E-state index contributed by atoms with van der Waals surface area (Å²) in [5.41, 5.74) is 0. The van der Waals surface area contributed by atoms with E-state index in [0.29, 0.717) is 19.6 Å². The topological polar surface area (TPSA) is 79.8 Å². The molecule has 3 atom stereocenters. The van der Waals surface area contributed by atoms with Gasteiger partial charge in [0.15, 0.2) is 0 Å². The van der Waals surface area contributed by atoms with E-state index in [1.807, 2.05) is 7.05 Å². The van der Waals surface area contributed by atoms with Crippen LogP contribution in [0.4, 0.5) is 0 Å². The van der Waals surface area contributed by atoms with E-state index in [4.69, 9.17) is 9.47 Å². The van der Waals surface area contributed by atoms with Gasteiger partial charge in [0.1, 0.15) is 12.2 Å². The fraction of sp³-hybridized carbons (Fsp3) is 0.909. The molecule has 6 nitrogen and oxygen atoms in total. The number of ether oxygens (including phenoxy) is 2. The molecular weight excluding hydrogens is 224 g/mol. The van der Waals surface area contributed by atoms with Crippen molar-refractivity contribution in [2.24, 2.45) is 0 Å². The quantitative estimate of drug-likeness (QED) is 0.496. The molecule has 1 aliphatic heterocycles. The molecule has 1 aliphatic rings. The lowest BCUT2D eigenvalue weighted by atomic mass is 10.1. The summed E-state index contributed by atoms with van der Waals surface area (Å²) in [6, 6.07) is -0.322. The van der Waals surface area contributed by atoms with Crippen molar-refractivity contribution in [3.05, 3.63) is 0 Å². The molecule has 17 heavy (non-hydrogen) atoms. The second kappa shape index (κ2) is 7.60. The normalized spacial score (nSPS) is 28.3. The van der Waals surface area contributed by atoms with E-state index in [0.717, 1.165) is 13.0 Å². The molecule has 0 saturated carbocycles. The van der Waals surface area contributed by atoms with E-state index in [1.54, 1.807) is 7.11 Å². The molecule has 0 aliphatic carbocycles. The standard InChI is InChI=1S/C11H22N2O4/c1-12-5-3-4-10(14)13-8-6-17-9(7-16-2)11(8)15/h8-9,11-12,15H,3-7H2,1-2H3,(H,13,14). The van der Waals surface area contributed by atoms with Crippen LogP contribution in [-0.2, 0) is 14.3 Å². The van der Waals surface area contributed by atoms with Gasteiger partial charge in [-0.05, 0) is 20.0 Å². The summed E-state index contributed by atoms with van der Waals surface area (Å²) in [4.78, 5) is 11.5. The molecule has 1 saturated heterocycles. The molecule has 0 radical (unpaired) electrons. The maximum Gasteiger partial charge on any atom is 0.220 e. The highest BCUT2D eigenvalue weighted by Gasteiger charge is 2.36. The highest BCUT2D eigenvalue weighted by atomic mass is 16.5. The molecule has 3 unspecified atom stereocenters. The van der Waals surface area contributed by atoms with Crippen LogP contribution < -0.4 is 10.6 Å². The molecule has 0 aromatic carbocycles. The van der Waals surface area contributed by atoms with Crippen LogP contribution in [0.15, 0.2) is 0 Å². The van der Waals surface area contributed by atoms with Crippen LogP contribution in [0.25, 0.3) is 0 Å². The first-order chi connectivity index (χ1) is 8.19. The summed E-state index contributed by atoms with van der Waals surface area (Å²) in [6.45, 7) is 1.49. The summed E-state index contributed by atoms with van der Waals surface area (Å²) < 4.78 is 10.3. The van der Waals surface area contributed by atoms with Crippen LogP contribution in [0.1, 0.15) is 12.8 Å². The molecule has 1 rings (SSSR count). The molecule has 0 aromatic heterocycles. The maximum atomic E-state index is 11.5. The number of carbonyl (C=O) groups excluding carboxylic acids is 1. The minimum atomic E-state index is -0.691. The lowest BCUT2D eigenvalue weighted by Crippen LogP contribution is -2.45. The highest BCUT2D eigenvalue weighted by Crippen LogP contribution is 2.14. The van der Waals surface area contributed by atoms with Crippen molar-refractivity contribution in [1.82, 2.24) is 10.6 Å². The van der Waals surface area contributed by atoms with Crippen LogP contribution in [0.3, 0.4) is 0 Å². The Hall–Kier alpha value is -0.690. The summed E-state index contributed by atoms with van der Waals surface area (Å²) in [5, 5.41) is 15.6. The van der Waals surface area contributed by atoms with Gasteiger partial charge in [0, 0.05) is 13.5 Å². The third kappa shape index (κ3) is 4.59. The second-order valence-electron chi connectivity index (χ2n) is 4.20. The molecule has 3 N–H and O–H groups in total. The van der Waals surface area contributed by atoms with Gasteiger partial charge in [-0.2, -0.15) is 0 Å². The van der Waals surface area contributed by atoms with E-state index < -0.39 is 6.10 Å². The average Bonchev–Trinajstić information content (AvgIpc) is 2.63. The molecule has 1 heterocycles. The van der Waals surface area contributed by atoms with Gasteiger partial charge in [0.2, 0.25) is 5.91 Å². The first-order valence-corrected chi connectivity index (χ1v) is 5.91. The number of hydrogen-bond acceptors (Lipinski definition) is 5. The van der Waals surface area contributed by atoms with Crippen LogP contribution in [-0.4, -0.2) is 63.2 Å². The third-order valence-electron chi connectivity index (χ3n) is 2.79. The smallest absolute Gasteiger partial charge is 0.220 e. The maximum absolute atomic E-state index is 11.5. The number of methoxy groups -OCH3 is 1. The third-order valence-corrected chi connectivity index (χ3v) is 2.79. The van der Waals surface area contributed by atoms with Crippen LogP contribution in [0.2, 0.25) is 0 Å². The number of nitrogens with one attached hydrogen (secondary N) is 2. The molecule has 100 valence electrons. The van der Waals surface area contributed by atoms with Gasteiger partial charge >= 0.3 is 0 Å². The van der Waals surface area contributed by atoms with Gasteiger partial charge in [0.25, 0.3) is 0 Å². The lowest BCUT2D eigenvalue weighted by Gasteiger charge is -2.17. The van der Waals surface area contributed by atoms with Gasteiger partial charge < -0.3 is 25.2 Å². The van der Waals surface area contributed by atoms with E-state index >= 15 is 0 Å². The second-order valence-corrected chi connectivity index (χ2v) is 4.20. The molecule has 0 aromatic rings. The predicted octanol–water partition coefficient (Wildman–Crippen LogP) is -1.12. The van der Waals surface area contributed by atoms with Crippen molar-refractivity contribution in [3.63, 3.8) is 0 Å². The van der Waals surface area contributed by atoms with Crippen molar-refractivity contribution in [2.45, 2.75) is 31.1 Å². The Morgan fingerprint density at radius 2 is 2.35 bits per heavy atom. The van der Waals surface area contributed by atoms with Gasteiger partial charge in [-0.15, -0.1) is 0 Å². The number of amides is 1. The summed E-state index contributed by atoms with van der Waals surface area (Å²) >= 11 is 0. The Morgan fingerprint density at radius 3 is 3.00 bits per heavy atom. The molecular formula is C11H22N2O4. The van der Waals surface area contributed by atoms with Gasteiger partial charge in [-0.25, -0.2) is 0 Å². The number of carbonyl (C=O) groups is 1. The van der Waals surface area contributed by atoms with Crippen LogP contribution >= 0.6 is 0 Å². The Labute approximate surface area is 102 Å². The SMILES string of the molecule is CNCCCC(=O)NC1COC(COC)C1O. The van der Waals surface area contributed by atoms with Crippen LogP contribution in [0, 0.1) is 0 Å². The Bertz CT molecular complexity index is 238. The van der Waals surface area contributed by atoms with Crippen molar-refractivity contribution in [3.8, 4) is 0 Å². The fourth-order valence-corrected chi connectivity index (χ4v) is 1.83. The van der Waals surface area contributed by atoms with Crippen molar-refractivity contribution >= 4 is 5.91 Å². The number of aliphatic hydroxyl groups excluding tert-OH is 1. The van der Waals surface area contributed by atoms with Gasteiger partial charge in [-0.3, -0.25) is 4.79 Å². The largest absolute Gasteiger partial charge is 0.388 e. The minimum absolute atomic E-state index is 0.0500. The van der Waals surface area contributed by atoms with Crippen LogP contribution in [0.5, 0.6) is 0 Å². The zero-order valence-electron chi connectivity index (χ0n) is 10.4. The molecule has 1 amide bonds. The Kier molecular flexibility index (Phi) is 6.43. The Balaban J connectivity index is 2.25. The molecule has 0 spiro atoms. The number of rotatable bonds is 7. The monoisotopic (exact) mass is 246 g/mol. The molecule has 6 heteroatoms. The molecule has 0 bridgehead atoms. The van der Waals surface area contributed by atoms with E-state index in [1.165, 1.54) is 0 Å². The Morgan fingerprint density at radius 1 is 1.59 bits per heavy atom. The predicted molar refractivity (Wildman–Crippen MR) is 62.7 cm³/mol. The minimum Gasteiger partial charge on any atom is -0.388 e. The number of aliphatic hydroxyl groups is 1. The first-order valence-electron chi connectivity index (χ1n) is 5.91. The summed E-state index contributed by atoms with van der Waals surface area (Å²) in [5.74, 6) is -0.0500. The zero-order valence-corrected chi connectivity index (χ0v) is 10.4. The van der Waals surface area contributed by atoms with E-state index in [2.05, 4.69) is 10.6 Å². The highest BCUT2D eigenvalue weighted by molar-refractivity contribution is 5.76. The fourth-order valence-electron chi connectivity index (χ4n) is 1.83. The van der Waals surface area contributed by atoms with Gasteiger partial charge in [-0.1, -0.05) is 0 Å². The first kappa shape index (κ1) is 14.4. The van der Waals surface area contributed by atoms with E-state index in [9.17, 15) is 9.90 Å². The summed E-state index contributed by atoms with van der Waals surface area (Å²) in [6.07, 6.45) is 0.206. The van der Waals surface area contributed by atoms with Crippen molar-refractivity contribution in [2.75, 3.05) is 33.9 Å². The van der Waals surface area contributed by atoms with Crippen molar-refractivity contribution < 1.29 is 19.4 Å². The average molecular weight is 246 g/mol. The number of hydrogen-bond donors (Lipinski definition) is 3. The van der Waals surface area contributed by atoms with Gasteiger partial charge in [0.05, 0.1) is 19.3 Å². The molecule has 1 fully saturated rings. The zero-order chi connectivity index (χ0) is 12.7. The lowest BCUT2D eigenvalue weighted by molar-refractivity contribution is -0.122. The summed E-state index contributed by atoms with van der Waals surface area (Å²) in [7, 11) is 3.40. The van der Waals surface area contributed by atoms with E-state index in [-0.39, 0.29) is 18.1 Å². The van der Waals surface area contributed by atoms with Crippen molar-refractivity contribution in [1.29, 1.82) is 0 Å².